The van der Waals surface area contributed by atoms with Crippen LogP contribution < -0.4 is 10.2 Å². The summed E-state index contributed by atoms with van der Waals surface area (Å²) >= 11 is 5.67. The molecule has 1 aliphatic heterocycles. The van der Waals surface area contributed by atoms with Crippen molar-refractivity contribution in [3.05, 3.63) is 70.6 Å². The maximum Gasteiger partial charge on any atom is 0.244 e. The maximum atomic E-state index is 14.9. The van der Waals surface area contributed by atoms with Gasteiger partial charge in [0.15, 0.2) is 0 Å². The van der Waals surface area contributed by atoms with Gasteiger partial charge in [0, 0.05) is 17.6 Å². The first-order chi connectivity index (χ1) is 14.8. The van der Waals surface area contributed by atoms with Crippen molar-refractivity contribution in [2.24, 2.45) is 0 Å². The lowest BCUT2D eigenvalue weighted by Crippen LogP contribution is -2.40. The van der Waals surface area contributed by atoms with Crippen LogP contribution in [0.4, 0.5) is 20.2 Å². The van der Waals surface area contributed by atoms with Crippen LogP contribution in [-0.4, -0.2) is 28.3 Å². The Hall–Kier alpha value is -3.39. The topological polar surface area (TPSA) is 75.2 Å². The average Bonchev–Trinajstić information content (AvgIpc) is 2.80. The molecule has 0 radical (unpaired) electrons. The molecule has 158 valence electrons. The summed E-state index contributed by atoms with van der Waals surface area (Å²) in [5, 5.41) is 2.46. The predicted molar refractivity (Wildman–Crippen MR) is 113 cm³/mol. The molecular formula is C22H17ClF2N4O2. The van der Waals surface area contributed by atoms with Gasteiger partial charge in [-0.3, -0.25) is 14.6 Å². The molecule has 3 heterocycles. The molecule has 1 aromatic carbocycles. The number of hydrogen-bond acceptors (Lipinski definition) is 4. The van der Waals surface area contributed by atoms with Crippen LogP contribution in [0.15, 0.2) is 42.6 Å². The second-order valence-electron chi connectivity index (χ2n) is 7.21. The van der Waals surface area contributed by atoms with Crippen molar-refractivity contribution in [2.75, 3.05) is 16.8 Å². The van der Waals surface area contributed by atoms with E-state index in [2.05, 4.69) is 15.3 Å². The molecular weight excluding hydrogens is 426 g/mol. The van der Waals surface area contributed by atoms with Crippen molar-refractivity contribution in [1.82, 2.24) is 9.97 Å². The van der Waals surface area contributed by atoms with Crippen LogP contribution in [0.2, 0.25) is 5.02 Å². The third kappa shape index (κ3) is 3.86. The highest BCUT2D eigenvalue weighted by atomic mass is 35.5. The molecule has 1 aliphatic rings. The van der Waals surface area contributed by atoms with Crippen LogP contribution in [0.25, 0.3) is 11.3 Å². The summed E-state index contributed by atoms with van der Waals surface area (Å²) in [7, 11) is 0. The van der Waals surface area contributed by atoms with Gasteiger partial charge in [0.25, 0.3) is 0 Å². The molecule has 9 heteroatoms. The standard InChI is InChI=1S/C22H17ClF2N4O2/c1-11-8-17-19(21(25)27-11)20-14(4-3-7-26-20)12(2)22(31)29(17)10-18(30)28-13-5-6-15(23)16(24)9-13/h3-9,12H,10H2,1-2H3,(H,28,30)/t12-/m1/s1. The van der Waals surface area contributed by atoms with Crippen LogP contribution in [0, 0.1) is 18.7 Å². The number of carbonyl (C=O) groups is 2. The summed E-state index contributed by atoms with van der Waals surface area (Å²) < 4.78 is 28.6. The molecule has 0 bridgehead atoms. The highest BCUT2D eigenvalue weighted by Gasteiger charge is 2.35. The number of hydrogen-bond donors (Lipinski definition) is 1. The molecule has 31 heavy (non-hydrogen) atoms. The first-order valence-electron chi connectivity index (χ1n) is 9.45. The van der Waals surface area contributed by atoms with Crippen molar-refractivity contribution in [2.45, 2.75) is 19.8 Å². The Kier molecular flexibility index (Phi) is 5.41. The quantitative estimate of drug-likeness (QED) is 0.607. The summed E-state index contributed by atoms with van der Waals surface area (Å²) in [6, 6.07) is 8.75. The zero-order valence-electron chi connectivity index (χ0n) is 16.6. The summed E-state index contributed by atoms with van der Waals surface area (Å²) in [6.07, 6.45) is 1.51. The summed E-state index contributed by atoms with van der Waals surface area (Å²) in [6.45, 7) is 2.86. The van der Waals surface area contributed by atoms with Crippen LogP contribution in [0.1, 0.15) is 24.1 Å². The number of nitrogens with one attached hydrogen (secondary N) is 1. The molecule has 2 amide bonds. The number of aryl methyl sites for hydroxylation is 1. The third-order valence-electron chi connectivity index (χ3n) is 5.06. The van der Waals surface area contributed by atoms with Crippen LogP contribution in [0.3, 0.4) is 0 Å². The zero-order valence-corrected chi connectivity index (χ0v) is 17.4. The fourth-order valence-corrected chi connectivity index (χ4v) is 3.71. The minimum absolute atomic E-state index is 0.0595. The van der Waals surface area contributed by atoms with Gasteiger partial charge in [-0.15, -0.1) is 0 Å². The van der Waals surface area contributed by atoms with Crippen molar-refractivity contribution >= 4 is 34.8 Å². The van der Waals surface area contributed by atoms with Gasteiger partial charge in [0.1, 0.15) is 12.4 Å². The first kappa shape index (κ1) is 20.9. The molecule has 3 aromatic rings. The highest BCUT2D eigenvalue weighted by Crippen LogP contribution is 2.41. The van der Waals surface area contributed by atoms with Gasteiger partial charge in [-0.25, -0.2) is 9.37 Å². The number of amides is 2. The molecule has 0 fully saturated rings. The Morgan fingerprint density at radius 2 is 2.03 bits per heavy atom. The summed E-state index contributed by atoms with van der Waals surface area (Å²) in [5.41, 5.74) is 1.65. The molecule has 1 N–H and O–H groups in total. The van der Waals surface area contributed by atoms with Gasteiger partial charge in [-0.1, -0.05) is 17.7 Å². The van der Waals surface area contributed by atoms with E-state index in [0.29, 0.717) is 17.0 Å². The van der Waals surface area contributed by atoms with E-state index in [9.17, 15) is 18.4 Å². The van der Waals surface area contributed by atoms with Crippen molar-refractivity contribution < 1.29 is 18.4 Å². The van der Waals surface area contributed by atoms with E-state index in [0.717, 1.165) is 6.07 Å². The number of benzene rings is 1. The second-order valence-corrected chi connectivity index (χ2v) is 7.62. The smallest absolute Gasteiger partial charge is 0.244 e. The number of rotatable bonds is 3. The van der Waals surface area contributed by atoms with Gasteiger partial charge in [0.2, 0.25) is 17.8 Å². The fourth-order valence-electron chi connectivity index (χ4n) is 3.59. The Bertz CT molecular complexity index is 1220. The predicted octanol–water partition coefficient (Wildman–Crippen LogP) is 4.47. The maximum absolute atomic E-state index is 14.9. The summed E-state index contributed by atoms with van der Waals surface area (Å²) in [5.74, 6) is -3.11. The Balaban J connectivity index is 1.75. The van der Waals surface area contributed by atoms with Crippen molar-refractivity contribution in [3.8, 4) is 11.3 Å². The monoisotopic (exact) mass is 442 g/mol. The number of halogens is 3. The number of aromatic nitrogens is 2. The number of anilines is 2. The fraction of sp³-hybridized carbons (Fsp3) is 0.182. The molecule has 4 rings (SSSR count). The van der Waals surface area contributed by atoms with Crippen LogP contribution in [0.5, 0.6) is 0 Å². The van der Waals surface area contributed by atoms with Crippen molar-refractivity contribution in [3.63, 3.8) is 0 Å². The second kappa shape index (κ2) is 8.03. The molecule has 1 atom stereocenters. The first-order valence-corrected chi connectivity index (χ1v) is 9.82. The normalized spacial score (nSPS) is 15.2. The Morgan fingerprint density at radius 3 is 2.77 bits per heavy atom. The van der Waals surface area contributed by atoms with E-state index >= 15 is 0 Å². The lowest BCUT2D eigenvalue weighted by molar-refractivity contribution is -0.122. The van der Waals surface area contributed by atoms with E-state index in [-0.39, 0.29) is 22.0 Å². The molecule has 0 saturated heterocycles. The van der Waals surface area contributed by atoms with Gasteiger partial charge in [-0.2, -0.15) is 4.39 Å². The minimum Gasteiger partial charge on any atom is -0.324 e. The number of carbonyl (C=O) groups excluding carboxylic acids is 2. The lowest BCUT2D eigenvalue weighted by atomic mass is 9.97. The third-order valence-corrected chi connectivity index (χ3v) is 5.36. The lowest BCUT2D eigenvalue weighted by Gasteiger charge is -2.24. The molecule has 0 spiro atoms. The minimum atomic E-state index is -0.776. The van der Waals surface area contributed by atoms with E-state index < -0.39 is 36.0 Å². The van der Waals surface area contributed by atoms with E-state index in [4.69, 9.17) is 11.6 Å². The average molecular weight is 443 g/mol. The number of pyridine rings is 2. The largest absolute Gasteiger partial charge is 0.324 e. The molecule has 0 saturated carbocycles. The molecule has 2 aromatic heterocycles. The summed E-state index contributed by atoms with van der Waals surface area (Å²) in [4.78, 5) is 35.4. The zero-order chi connectivity index (χ0) is 22.3. The number of nitrogens with zero attached hydrogens (tertiary/aromatic N) is 3. The van der Waals surface area contributed by atoms with E-state index in [1.54, 1.807) is 32.0 Å². The Morgan fingerprint density at radius 1 is 1.26 bits per heavy atom. The molecule has 0 aliphatic carbocycles. The molecule has 6 nitrogen and oxygen atoms in total. The van der Waals surface area contributed by atoms with Crippen LogP contribution in [-0.2, 0) is 9.59 Å². The van der Waals surface area contributed by atoms with Gasteiger partial charge >= 0.3 is 0 Å². The number of fused-ring (bicyclic) bond motifs is 3. The Labute approximate surface area is 181 Å². The molecule has 0 unspecified atom stereocenters. The van der Waals surface area contributed by atoms with E-state index in [1.165, 1.54) is 23.2 Å². The van der Waals surface area contributed by atoms with Gasteiger partial charge in [0.05, 0.1) is 27.9 Å². The van der Waals surface area contributed by atoms with Crippen LogP contribution >= 0.6 is 11.6 Å². The van der Waals surface area contributed by atoms with Gasteiger partial charge in [-0.05, 0) is 49.7 Å². The van der Waals surface area contributed by atoms with Gasteiger partial charge < -0.3 is 10.2 Å². The highest BCUT2D eigenvalue weighted by molar-refractivity contribution is 6.30. The SMILES string of the molecule is Cc1cc2c(c(F)n1)-c1ncccc1[C@@H](C)C(=O)N2CC(=O)Nc1ccc(Cl)c(F)c1. The van der Waals surface area contributed by atoms with E-state index in [1.807, 2.05) is 0 Å². The van der Waals surface area contributed by atoms with Crippen molar-refractivity contribution in [1.29, 1.82) is 0 Å².